The van der Waals surface area contributed by atoms with Crippen LogP contribution in [0.15, 0.2) is 73.1 Å². The van der Waals surface area contributed by atoms with Gasteiger partial charge in [-0.25, -0.2) is 18.9 Å². The molecule has 0 aliphatic heterocycles. The van der Waals surface area contributed by atoms with Crippen LogP contribution in [-0.4, -0.2) is 33.2 Å². The summed E-state index contributed by atoms with van der Waals surface area (Å²) >= 11 is 0. The van der Waals surface area contributed by atoms with Crippen LogP contribution in [0.4, 0.5) is 4.39 Å². The predicted octanol–water partition coefficient (Wildman–Crippen LogP) is 4.61. The summed E-state index contributed by atoms with van der Waals surface area (Å²) in [7, 11) is 0. The molecular weight excluding hydrogens is 451 g/mol. The first kappa shape index (κ1) is 23.6. The molecule has 0 spiro atoms. The fraction of sp³-hybridized carbons (Fsp3) is 0.154. The SMILES string of the molecule is CCOC(=O)c1cnn(-c2ccc(C(=O)NCc3ccnc(Oc4ccc(F)cc4)c3)cc2)c1C. The van der Waals surface area contributed by atoms with E-state index < -0.39 is 5.97 Å². The normalized spacial score (nSPS) is 10.6. The van der Waals surface area contributed by atoms with Crippen LogP contribution in [-0.2, 0) is 11.3 Å². The van der Waals surface area contributed by atoms with Crippen LogP contribution >= 0.6 is 0 Å². The maximum absolute atomic E-state index is 13.1. The topological polar surface area (TPSA) is 95.3 Å². The Kier molecular flexibility index (Phi) is 7.15. The summed E-state index contributed by atoms with van der Waals surface area (Å²) < 4.78 is 25.3. The molecule has 8 nitrogen and oxygen atoms in total. The summed E-state index contributed by atoms with van der Waals surface area (Å²) in [6, 6.07) is 16.0. The molecule has 35 heavy (non-hydrogen) atoms. The summed E-state index contributed by atoms with van der Waals surface area (Å²) in [5, 5.41) is 7.12. The molecule has 0 aliphatic carbocycles. The van der Waals surface area contributed by atoms with Gasteiger partial charge in [-0.15, -0.1) is 0 Å². The van der Waals surface area contributed by atoms with E-state index in [1.54, 1.807) is 61.1 Å². The van der Waals surface area contributed by atoms with Crippen molar-refractivity contribution in [2.24, 2.45) is 0 Å². The van der Waals surface area contributed by atoms with Gasteiger partial charge in [0.25, 0.3) is 5.91 Å². The van der Waals surface area contributed by atoms with Crippen LogP contribution in [0.2, 0.25) is 0 Å². The molecule has 2 aromatic heterocycles. The van der Waals surface area contributed by atoms with E-state index in [0.717, 1.165) is 5.56 Å². The van der Waals surface area contributed by atoms with E-state index in [4.69, 9.17) is 9.47 Å². The number of esters is 1. The number of halogens is 1. The molecule has 4 rings (SSSR count). The lowest BCUT2D eigenvalue weighted by atomic mass is 10.1. The first-order chi connectivity index (χ1) is 16.9. The lowest BCUT2D eigenvalue weighted by Crippen LogP contribution is -2.22. The number of nitrogens with one attached hydrogen (secondary N) is 1. The highest BCUT2D eigenvalue weighted by molar-refractivity contribution is 5.94. The van der Waals surface area contributed by atoms with Crippen molar-refractivity contribution in [2.45, 2.75) is 20.4 Å². The number of carbonyl (C=O) groups is 2. The van der Waals surface area contributed by atoms with Crippen molar-refractivity contribution in [3.63, 3.8) is 0 Å². The Morgan fingerprint density at radius 1 is 1.06 bits per heavy atom. The van der Waals surface area contributed by atoms with E-state index in [1.165, 1.54) is 30.5 Å². The number of pyridine rings is 1. The van der Waals surface area contributed by atoms with Crippen molar-refractivity contribution in [2.75, 3.05) is 6.61 Å². The maximum Gasteiger partial charge on any atom is 0.341 e. The highest BCUT2D eigenvalue weighted by Crippen LogP contribution is 2.20. The molecule has 1 N–H and O–H groups in total. The zero-order valence-corrected chi connectivity index (χ0v) is 19.2. The van der Waals surface area contributed by atoms with Gasteiger partial charge in [0, 0.05) is 24.4 Å². The van der Waals surface area contributed by atoms with Crippen molar-refractivity contribution in [3.8, 4) is 17.3 Å². The number of rotatable bonds is 8. The quantitative estimate of drug-likeness (QED) is 0.375. The third-order valence-corrected chi connectivity index (χ3v) is 5.17. The van der Waals surface area contributed by atoms with E-state index in [0.29, 0.717) is 34.1 Å². The monoisotopic (exact) mass is 474 g/mol. The molecule has 0 bridgehead atoms. The second kappa shape index (κ2) is 10.6. The molecule has 1 amide bonds. The number of benzene rings is 2. The second-order valence-electron chi connectivity index (χ2n) is 7.56. The standard InChI is InChI=1S/C26H23FN4O4/c1-3-34-26(33)23-16-30-31(17(23)2)21-8-4-19(5-9-21)25(32)29-15-18-12-13-28-24(14-18)35-22-10-6-20(27)7-11-22/h4-14,16H,3,15H2,1-2H3,(H,29,32). The molecule has 0 saturated heterocycles. The lowest BCUT2D eigenvalue weighted by Gasteiger charge is -2.09. The number of amides is 1. The van der Waals surface area contributed by atoms with Crippen molar-refractivity contribution in [1.82, 2.24) is 20.1 Å². The minimum Gasteiger partial charge on any atom is -0.462 e. The largest absolute Gasteiger partial charge is 0.462 e. The summed E-state index contributed by atoms with van der Waals surface area (Å²) in [6.07, 6.45) is 3.04. The van der Waals surface area contributed by atoms with E-state index in [-0.39, 0.29) is 24.9 Å². The average molecular weight is 474 g/mol. The molecule has 0 unspecified atom stereocenters. The van der Waals surface area contributed by atoms with E-state index in [1.807, 2.05) is 0 Å². The van der Waals surface area contributed by atoms with Crippen LogP contribution < -0.4 is 10.1 Å². The average Bonchev–Trinajstić information content (AvgIpc) is 3.26. The minimum absolute atomic E-state index is 0.251. The van der Waals surface area contributed by atoms with Gasteiger partial charge in [0.1, 0.15) is 17.1 Å². The van der Waals surface area contributed by atoms with Crippen molar-refractivity contribution < 1.29 is 23.5 Å². The molecule has 4 aromatic rings. The van der Waals surface area contributed by atoms with Gasteiger partial charge in [-0.2, -0.15) is 5.10 Å². The van der Waals surface area contributed by atoms with Gasteiger partial charge < -0.3 is 14.8 Å². The fourth-order valence-corrected chi connectivity index (χ4v) is 3.36. The van der Waals surface area contributed by atoms with Crippen LogP contribution in [0.5, 0.6) is 11.6 Å². The summed E-state index contributed by atoms with van der Waals surface area (Å²) in [5.41, 5.74) is 3.03. The summed E-state index contributed by atoms with van der Waals surface area (Å²) in [4.78, 5) is 28.8. The molecule has 2 aromatic carbocycles. The van der Waals surface area contributed by atoms with Crippen molar-refractivity contribution in [1.29, 1.82) is 0 Å². The van der Waals surface area contributed by atoms with Gasteiger partial charge >= 0.3 is 5.97 Å². The van der Waals surface area contributed by atoms with Gasteiger partial charge in [0.15, 0.2) is 0 Å². The highest BCUT2D eigenvalue weighted by atomic mass is 19.1. The number of hydrogen-bond donors (Lipinski definition) is 1. The Balaban J connectivity index is 1.38. The van der Waals surface area contributed by atoms with Gasteiger partial charge in [-0.1, -0.05) is 0 Å². The van der Waals surface area contributed by atoms with E-state index >= 15 is 0 Å². The third-order valence-electron chi connectivity index (χ3n) is 5.17. The third kappa shape index (κ3) is 5.70. The number of ether oxygens (including phenoxy) is 2. The first-order valence-corrected chi connectivity index (χ1v) is 10.9. The van der Waals surface area contributed by atoms with Crippen molar-refractivity contribution >= 4 is 11.9 Å². The molecule has 9 heteroatoms. The zero-order chi connectivity index (χ0) is 24.8. The molecule has 178 valence electrons. The minimum atomic E-state index is -0.422. The molecule has 0 atom stereocenters. The Morgan fingerprint density at radius 3 is 2.51 bits per heavy atom. The smallest absolute Gasteiger partial charge is 0.341 e. The molecule has 0 radical (unpaired) electrons. The Hall–Kier alpha value is -4.53. The van der Waals surface area contributed by atoms with Gasteiger partial charge in [-0.05, 0) is 74.0 Å². The maximum atomic E-state index is 13.1. The zero-order valence-electron chi connectivity index (χ0n) is 19.2. The van der Waals surface area contributed by atoms with Crippen LogP contribution in [0.1, 0.15) is 38.9 Å². The molecular formula is C26H23FN4O4. The molecule has 0 aliphatic rings. The second-order valence-corrected chi connectivity index (χ2v) is 7.56. The van der Waals surface area contributed by atoms with Gasteiger partial charge in [0.05, 0.1) is 24.2 Å². The summed E-state index contributed by atoms with van der Waals surface area (Å²) in [5.74, 6) is -0.226. The van der Waals surface area contributed by atoms with E-state index in [9.17, 15) is 14.0 Å². The van der Waals surface area contributed by atoms with Crippen molar-refractivity contribution in [3.05, 3.63) is 101 Å². The van der Waals surface area contributed by atoms with Gasteiger partial charge in [-0.3, -0.25) is 4.79 Å². The predicted molar refractivity (Wildman–Crippen MR) is 126 cm³/mol. The highest BCUT2D eigenvalue weighted by Gasteiger charge is 2.16. The Labute approximate surface area is 201 Å². The van der Waals surface area contributed by atoms with Crippen LogP contribution in [0.25, 0.3) is 5.69 Å². The Morgan fingerprint density at radius 2 is 1.80 bits per heavy atom. The first-order valence-electron chi connectivity index (χ1n) is 10.9. The molecule has 0 fully saturated rings. The molecule has 2 heterocycles. The van der Waals surface area contributed by atoms with Crippen LogP contribution in [0.3, 0.4) is 0 Å². The summed E-state index contributed by atoms with van der Waals surface area (Å²) in [6.45, 7) is 4.08. The number of nitrogens with zero attached hydrogens (tertiary/aromatic N) is 3. The van der Waals surface area contributed by atoms with Gasteiger partial charge in [0.2, 0.25) is 5.88 Å². The number of carbonyl (C=O) groups excluding carboxylic acids is 2. The molecule has 0 saturated carbocycles. The number of aromatic nitrogens is 3. The number of hydrogen-bond acceptors (Lipinski definition) is 6. The lowest BCUT2D eigenvalue weighted by molar-refractivity contribution is 0.0525. The van der Waals surface area contributed by atoms with E-state index in [2.05, 4.69) is 15.4 Å². The fourth-order valence-electron chi connectivity index (χ4n) is 3.36. The van der Waals surface area contributed by atoms with Crippen LogP contribution in [0, 0.1) is 12.7 Å². The Bertz CT molecular complexity index is 1330.